The summed E-state index contributed by atoms with van der Waals surface area (Å²) in [5.41, 5.74) is 1.90. The molecule has 2 aromatic rings. The zero-order chi connectivity index (χ0) is 18.0. The lowest BCUT2D eigenvalue weighted by molar-refractivity contribution is 0.0650. The third-order valence-corrected chi connectivity index (χ3v) is 4.33. The molecule has 0 spiro atoms. The van der Waals surface area contributed by atoms with Crippen LogP contribution in [-0.2, 0) is 0 Å². The average molecular weight is 342 g/mol. The van der Waals surface area contributed by atoms with Crippen LogP contribution in [0.3, 0.4) is 0 Å². The molecule has 1 aromatic heterocycles. The van der Waals surface area contributed by atoms with E-state index in [1.54, 1.807) is 35.7 Å². The molecular weight excluding hydrogens is 320 g/mol. The highest BCUT2D eigenvalue weighted by Gasteiger charge is 2.30. The van der Waals surface area contributed by atoms with Crippen molar-refractivity contribution in [3.8, 4) is 11.3 Å². The van der Waals surface area contributed by atoms with Crippen molar-refractivity contribution in [2.45, 2.75) is 6.92 Å². The second-order valence-corrected chi connectivity index (χ2v) is 6.29. The Kier molecular flexibility index (Phi) is 4.74. The maximum absolute atomic E-state index is 13.0. The minimum Gasteiger partial charge on any atom is -0.355 e. The molecule has 0 saturated carbocycles. The number of carbonyl (C=O) groups excluding carboxylic acids is 2. The summed E-state index contributed by atoms with van der Waals surface area (Å²) >= 11 is 0. The maximum atomic E-state index is 13.0. The van der Waals surface area contributed by atoms with Gasteiger partial charge in [0.05, 0.1) is 5.69 Å². The number of rotatable bonds is 2. The Bertz CT molecular complexity index is 762. The summed E-state index contributed by atoms with van der Waals surface area (Å²) in [7, 11) is 3.46. The molecule has 0 radical (unpaired) electrons. The fourth-order valence-electron chi connectivity index (χ4n) is 2.95. The molecule has 1 aromatic carbocycles. The first-order valence-corrected chi connectivity index (χ1v) is 8.26. The van der Waals surface area contributed by atoms with Gasteiger partial charge in [0.1, 0.15) is 5.56 Å². The van der Waals surface area contributed by atoms with Gasteiger partial charge in [-0.25, -0.2) is 4.79 Å². The van der Waals surface area contributed by atoms with E-state index in [0.29, 0.717) is 43.2 Å². The lowest BCUT2D eigenvalue weighted by Gasteiger charge is -2.35. The van der Waals surface area contributed by atoms with E-state index in [4.69, 9.17) is 4.52 Å². The monoisotopic (exact) mass is 342 g/mol. The number of aryl methyl sites for hydroxylation is 1. The van der Waals surface area contributed by atoms with Gasteiger partial charge < -0.3 is 19.2 Å². The van der Waals surface area contributed by atoms with Gasteiger partial charge in [-0.15, -0.1) is 0 Å². The molecule has 25 heavy (non-hydrogen) atoms. The Morgan fingerprint density at radius 1 is 1.04 bits per heavy atom. The largest absolute Gasteiger partial charge is 0.355 e. The molecule has 3 amide bonds. The zero-order valence-corrected chi connectivity index (χ0v) is 14.7. The number of nitrogens with zero attached hydrogens (tertiary/aromatic N) is 4. The van der Waals surface area contributed by atoms with E-state index in [-0.39, 0.29) is 11.9 Å². The van der Waals surface area contributed by atoms with Crippen molar-refractivity contribution in [2.75, 3.05) is 40.3 Å². The highest BCUT2D eigenvalue weighted by Crippen LogP contribution is 2.27. The molecular formula is C18H22N4O3. The fourth-order valence-corrected chi connectivity index (χ4v) is 2.95. The molecule has 1 fully saturated rings. The lowest BCUT2D eigenvalue weighted by atomic mass is 10.1. The van der Waals surface area contributed by atoms with Crippen molar-refractivity contribution < 1.29 is 14.1 Å². The molecule has 0 unspecified atom stereocenters. The van der Waals surface area contributed by atoms with Crippen molar-refractivity contribution in [1.82, 2.24) is 19.9 Å². The Morgan fingerprint density at radius 2 is 1.64 bits per heavy atom. The van der Waals surface area contributed by atoms with Crippen LogP contribution in [-0.4, -0.2) is 72.1 Å². The third-order valence-electron chi connectivity index (χ3n) is 4.33. The molecule has 1 aliphatic heterocycles. The number of piperazine rings is 1. The number of aromatic nitrogens is 1. The Hall–Kier alpha value is -2.83. The van der Waals surface area contributed by atoms with Crippen LogP contribution < -0.4 is 0 Å². The summed E-state index contributed by atoms with van der Waals surface area (Å²) < 4.78 is 5.42. The molecule has 0 bridgehead atoms. The van der Waals surface area contributed by atoms with Gasteiger partial charge in [-0.3, -0.25) is 4.79 Å². The van der Waals surface area contributed by atoms with Crippen LogP contribution in [0.15, 0.2) is 34.9 Å². The molecule has 132 valence electrons. The second-order valence-electron chi connectivity index (χ2n) is 6.29. The lowest BCUT2D eigenvalue weighted by Crippen LogP contribution is -2.53. The second kappa shape index (κ2) is 6.96. The minimum absolute atomic E-state index is 0.0294. The smallest absolute Gasteiger partial charge is 0.319 e. The van der Waals surface area contributed by atoms with Gasteiger partial charge in [-0.1, -0.05) is 35.5 Å². The van der Waals surface area contributed by atoms with Crippen LogP contribution >= 0.6 is 0 Å². The van der Waals surface area contributed by atoms with E-state index in [1.807, 2.05) is 30.3 Å². The first-order valence-electron chi connectivity index (χ1n) is 8.26. The van der Waals surface area contributed by atoms with Gasteiger partial charge in [-0.2, -0.15) is 0 Å². The molecule has 7 heteroatoms. The Morgan fingerprint density at radius 3 is 2.24 bits per heavy atom. The predicted octanol–water partition coefficient (Wildman–Crippen LogP) is 2.09. The molecule has 7 nitrogen and oxygen atoms in total. The number of benzene rings is 1. The Balaban J connectivity index is 1.77. The summed E-state index contributed by atoms with van der Waals surface area (Å²) in [6, 6.07) is 9.46. The third kappa shape index (κ3) is 3.35. The molecule has 1 aliphatic rings. The number of carbonyl (C=O) groups is 2. The van der Waals surface area contributed by atoms with Gasteiger partial charge in [0.25, 0.3) is 5.91 Å². The molecule has 0 aliphatic carbocycles. The van der Waals surface area contributed by atoms with Crippen LogP contribution in [0.1, 0.15) is 16.1 Å². The number of hydrogen-bond acceptors (Lipinski definition) is 4. The normalized spacial score (nSPS) is 14.5. The topological polar surface area (TPSA) is 69.9 Å². The summed E-state index contributed by atoms with van der Waals surface area (Å²) in [6.07, 6.45) is 0. The summed E-state index contributed by atoms with van der Waals surface area (Å²) in [5, 5.41) is 3.98. The molecule has 0 atom stereocenters. The first-order chi connectivity index (χ1) is 12.0. The van der Waals surface area contributed by atoms with Gasteiger partial charge in [0.2, 0.25) is 0 Å². The SMILES string of the molecule is Cc1noc(-c2ccccc2)c1C(=O)N1CCN(C(=O)N(C)C)CC1. The van der Waals surface area contributed by atoms with Gasteiger partial charge in [0.15, 0.2) is 5.76 Å². The van der Waals surface area contributed by atoms with E-state index < -0.39 is 0 Å². The number of hydrogen-bond donors (Lipinski definition) is 0. The van der Waals surface area contributed by atoms with Gasteiger partial charge in [-0.05, 0) is 6.92 Å². The Labute approximate surface area is 146 Å². The maximum Gasteiger partial charge on any atom is 0.319 e. The van der Waals surface area contributed by atoms with E-state index in [0.717, 1.165) is 5.56 Å². The molecule has 2 heterocycles. The summed E-state index contributed by atoms with van der Waals surface area (Å²) in [5.74, 6) is 0.393. The first kappa shape index (κ1) is 17.0. The van der Waals surface area contributed by atoms with Crippen LogP contribution in [0.5, 0.6) is 0 Å². The van der Waals surface area contributed by atoms with Crippen LogP contribution in [0.25, 0.3) is 11.3 Å². The van der Waals surface area contributed by atoms with Crippen molar-refractivity contribution in [3.63, 3.8) is 0 Å². The van der Waals surface area contributed by atoms with E-state index >= 15 is 0 Å². The zero-order valence-electron chi connectivity index (χ0n) is 14.7. The highest BCUT2D eigenvalue weighted by molar-refractivity contribution is 6.00. The van der Waals surface area contributed by atoms with Crippen LogP contribution in [0.2, 0.25) is 0 Å². The number of urea groups is 1. The fraction of sp³-hybridized carbons (Fsp3) is 0.389. The van der Waals surface area contributed by atoms with Crippen LogP contribution in [0.4, 0.5) is 4.79 Å². The number of amides is 3. The van der Waals surface area contributed by atoms with Crippen molar-refractivity contribution in [3.05, 3.63) is 41.6 Å². The molecule has 1 saturated heterocycles. The standard InChI is InChI=1S/C18H22N4O3/c1-13-15(16(25-19-13)14-7-5-4-6-8-14)17(23)21-9-11-22(12-10-21)18(24)20(2)3/h4-8H,9-12H2,1-3H3. The van der Waals surface area contributed by atoms with Crippen molar-refractivity contribution in [1.29, 1.82) is 0 Å². The van der Waals surface area contributed by atoms with E-state index in [1.165, 1.54) is 0 Å². The predicted molar refractivity (Wildman–Crippen MR) is 93.2 cm³/mol. The van der Waals surface area contributed by atoms with E-state index in [2.05, 4.69) is 5.16 Å². The highest BCUT2D eigenvalue weighted by atomic mass is 16.5. The quantitative estimate of drug-likeness (QED) is 0.838. The van der Waals surface area contributed by atoms with Crippen LogP contribution in [0, 0.1) is 6.92 Å². The van der Waals surface area contributed by atoms with E-state index in [9.17, 15) is 9.59 Å². The summed E-state index contributed by atoms with van der Waals surface area (Å²) in [4.78, 5) is 30.1. The average Bonchev–Trinajstić information content (AvgIpc) is 3.02. The van der Waals surface area contributed by atoms with Crippen molar-refractivity contribution >= 4 is 11.9 Å². The van der Waals surface area contributed by atoms with Gasteiger partial charge in [0, 0.05) is 45.8 Å². The van der Waals surface area contributed by atoms with Gasteiger partial charge >= 0.3 is 6.03 Å². The van der Waals surface area contributed by atoms with Crippen molar-refractivity contribution in [2.24, 2.45) is 0 Å². The summed E-state index contributed by atoms with van der Waals surface area (Å²) in [6.45, 7) is 3.81. The molecule has 3 rings (SSSR count). The molecule has 0 N–H and O–H groups in total. The minimum atomic E-state index is -0.102.